The van der Waals surface area contributed by atoms with E-state index in [-0.39, 0.29) is 42.3 Å². The van der Waals surface area contributed by atoms with Crippen LogP contribution in [0.2, 0.25) is 0 Å². The highest BCUT2D eigenvalue weighted by atomic mass is 16.6. The molecular formula is C36H30N6O4. The van der Waals surface area contributed by atoms with E-state index in [9.17, 15) is 19.6 Å². The molecule has 3 fully saturated rings. The number of fused-ring (bicyclic) bond motifs is 1. The molecule has 2 amide bonds. The second kappa shape index (κ2) is 11.6. The highest BCUT2D eigenvalue weighted by Gasteiger charge is 2.67. The molecule has 0 radical (unpaired) electrons. The van der Waals surface area contributed by atoms with Gasteiger partial charge in [-0.2, -0.15) is 5.26 Å². The van der Waals surface area contributed by atoms with Crippen LogP contribution >= 0.6 is 0 Å². The average molecular weight is 611 g/mol. The van der Waals surface area contributed by atoms with Crippen LogP contribution in [0.5, 0.6) is 0 Å². The molecule has 1 saturated carbocycles. The van der Waals surface area contributed by atoms with E-state index in [1.165, 1.54) is 6.08 Å². The summed E-state index contributed by atoms with van der Waals surface area (Å²) < 4.78 is 5.58. The summed E-state index contributed by atoms with van der Waals surface area (Å²) in [5.41, 5.74) is 1.89. The molecule has 4 aromatic rings. The number of allylic oxidation sites excluding steroid dienone is 1. The molecule has 2 saturated heterocycles. The first-order valence-corrected chi connectivity index (χ1v) is 15.0. The van der Waals surface area contributed by atoms with Crippen LogP contribution in [0.25, 0.3) is 0 Å². The molecule has 0 N–H and O–H groups in total. The van der Waals surface area contributed by atoms with Crippen molar-refractivity contribution in [2.24, 2.45) is 11.8 Å². The number of nitrogens with zero attached hydrogens (tertiary/aromatic N) is 6. The van der Waals surface area contributed by atoms with Crippen LogP contribution in [0.3, 0.4) is 0 Å². The number of pyridine rings is 2. The van der Waals surface area contributed by atoms with Gasteiger partial charge in [-0.25, -0.2) is 4.79 Å². The topological polar surface area (TPSA) is 120 Å². The Morgan fingerprint density at radius 1 is 0.913 bits per heavy atom. The number of aromatic nitrogens is 2. The van der Waals surface area contributed by atoms with Gasteiger partial charge < -0.3 is 14.5 Å². The largest absolute Gasteiger partial charge is 0.445 e. The van der Waals surface area contributed by atoms with E-state index in [1.807, 2.05) is 66.5 Å². The van der Waals surface area contributed by atoms with Crippen LogP contribution in [0.1, 0.15) is 32.6 Å². The summed E-state index contributed by atoms with van der Waals surface area (Å²) in [7, 11) is 1.82. The van der Waals surface area contributed by atoms with Crippen molar-refractivity contribution in [1.82, 2.24) is 24.7 Å². The number of likely N-dealkylation sites (tertiary alicyclic amines) is 1. The Kier molecular flexibility index (Phi) is 7.29. The van der Waals surface area contributed by atoms with Gasteiger partial charge in [0.2, 0.25) is 0 Å². The number of carbonyl (C=O) groups excluding carboxylic acids is 3. The molecule has 10 heteroatoms. The maximum absolute atomic E-state index is 15.0. The maximum Gasteiger partial charge on any atom is 0.410 e. The summed E-state index contributed by atoms with van der Waals surface area (Å²) in [6, 6.07) is 25.1. The normalized spacial score (nSPS) is 22.0. The number of likely N-dealkylation sites (N-methyl/N-ethyl adjacent to an activating group) is 1. The summed E-state index contributed by atoms with van der Waals surface area (Å²) in [5, 5.41) is 9.21. The molecule has 1 aliphatic carbocycles. The fraction of sp³-hybridized carbons (Fsp3) is 0.222. The number of rotatable bonds is 7. The van der Waals surface area contributed by atoms with E-state index in [1.54, 1.807) is 58.9 Å². The third kappa shape index (κ3) is 4.77. The number of piperidine rings is 1. The molecule has 46 heavy (non-hydrogen) atoms. The van der Waals surface area contributed by atoms with Crippen molar-refractivity contribution in [2.45, 2.75) is 18.2 Å². The highest BCUT2D eigenvalue weighted by molar-refractivity contribution is 6.06. The zero-order valence-electron chi connectivity index (χ0n) is 25.1. The van der Waals surface area contributed by atoms with Crippen molar-refractivity contribution in [3.8, 4) is 6.07 Å². The van der Waals surface area contributed by atoms with Gasteiger partial charge in [-0.15, -0.1) is 0 Å². The lowest BCUT2D eigenvalue weighted by Gasteiger charge is -2.35. The van der Waals surface area contributed by atoms with Gasteiger partial charge in [0, 0.05) is 74.4 Å². The lowest BCUT2D eigenvalue weighted by atomic mass is 9.82. The number of carbonyl (C=O) groups is 3. The van der Waals surface area contributed by atoms with Crippen molar-refractivity contribution in [3.05, 3.63) is 143 Å². The Labute approximate surface area is 266 Å². The van der Waals surface area contributed by atoms with Crippen molar-refractivity contribution in [2.75, 3.05) is 20.1 Å². The van der Waals surface area contributed by atoms with Crippen molar-refractivity contribution >= 4 is 17.8 Å². The Morgan fingerprint density at radius 3 is 2.07 bits per heavy atom. The second-order valence-electron chi connectivity index (χ2n) is 11.7. The standard InChI is InChI=1S/C36H30N6O4/c1-40-32(19-31(43)26-9-7-24(20-37)8-10-26)42(34(44)36(40,27-11-15-38-16-12-27)28-13-17-39-18-14-28)33-29-21-41(22-30(29)33)35(45)46-23-25-5-3-2-4-6-25/h2-19,29-30,33H,21-23H2,1H3/t29-,30+,33?. The predicted molar refractivity (Wildman–Crippen MR) is 166 cm³/mol. The molecule has 0 bridgehead atoms. The first-order chi connectivity index (χ1) is 22.4. The number of ketones is 1. The fourth-order valence-electron chi connectivity index (χ4n) is 6.94. The summed E-state index contributed by atoms with van der Waals surface area (Å²) in [6.07, 6.45) is 7.73. The lowest BCUT2D eigenvalue weighted by molar-refractivity contribution is -0.132. The van der Waals surface area contributed by atoms with E-state index < -0.39 is 5.54 Å². The molecule has 7 rings (SSSR count). The monoisotopic (exact) mass is 610 g/mol. The average Bonchev–Trinajstić information content (AvgIpc) is 3.47. The molecule has 0 spiro atoms. The second-order valence-corrected chi connectivity index (χ2v) is 11.7. The number of benzene rings is 2. The molecule has 10 nitrogen and oxygen atoms in total. The van der Waals surface area contributed by atoms with Gasteiger partial charge in [0.05, 0.1) is 11.6 Å². The van der Waals surface area contributed by atoms with Crippen LogP contribution in [-0.2, 0) is 21.7 Å². The number of ether oxygens (including phenoxy) is 1. The SMILES string of the molecule is CN1C(=CC(=O)c2ccc(C#N)cc2)N(C2[C@H]3CN(C(=O)OCc4ccccc4)C[C@@H]23)C(=O)C1(c1ccncc1)c1ccncc1. The van der Waals surface area contributed by atoms with Gasteiger partial charge in [0.25, 0.3) is 5.91 Å². The van der Waals surface area contributed by atoms with E-state index >= 15 is 0 Å². The Morgan fingerprint density at radius 2 is 1.50 bits per heavy atom. The van der Waals surface area contributed by atoms with Gasteiger partial charge in [0.15, 0.2) is 11.3 Å². The highest BCUT2D eigenvalue weighted by Crippen LogP contribution is 2.56. The van der Waals surface area contributed by atoms with Gasteiger partial charge in [-0.05, 0) is 65.2 Å². The summed E-state index contributed by atoms with van der Waals surface area (Å²) in [4.78, 5) is 55.3. The van der Waals surface area contributed by atoms with Gasteiger partial charge in [-0.1, -0.05) is 30.3 Å². The first kappa shape index (κ1) is 28.9. The number of hydrogen-bond donors (Lipinski definition) is 0. The zero-order valence-corrected chi connectivity index (χ0v) is 25.1. The minimum atomic E-state index is -1.28. The molecule has 228 valence electrons. The molecule has 3 atom stereocenters. The maximum atomic E-state index is 15.0. The number of amides is 2. The minimum Gasteiger partial charge on any atom is -0.445 e. The van der Waals surface area contributed by atoms with Crippen LogP contribution in [0, 0.1) is 23.2 Å². The zero-order chi connectivity index (χ0) is 31.8. The van der Waals surface area contributed by atoms with Gasteiger partial charge in [-0.3, -0.25) is 24.5 Å². The fourth-order valence-corrected chi connectivity index (χ4v) is 6.94. The molecule has 2 aromatic heterocycles. The van der Waals surface area contributed by atoms with Gasteiger partial charge in [0.1, 0.15) is 12.4 Å². The van der Waals surface area contributed by atoms with E-state index in [4.69, 9.17) is 4.74 Å². The van der Waals surface area contributed by atoms with Crippen molar-refractivity contribution in [3.63, 3.8) is 0 Å². The first-order valence-electron chi connectivity index (χ1n) is 15.0. The van der Waals surface area contributed by atoms with Gasteiger partial charge >= 0.3 is 6.09 Å². The van der Waals surface area contributed by atoms with Crippen LogP contribution in [0.15, 0.2) is 116 Å². The smallest absolute Gasteiger partial charge is 0.410 e. The quantitative estimate of drug-likeness (QED) is 0.224. The summed E-state index contributed by atoms with van der Waals surface area (Å²) >= 11 is 0. The molecular weight excluding hydrogens is 580 g/mol. The molecule has 4 heterocycles. The summed E-state index contributed by atoms with van der Waals surface area (Å²) in [5.74, 6) is 0.0391. The Hall–Kier alpha value is -5.82. The molecule has 2 aliphatic heterocycles. The molecule has 1 unspecified atom stereocenters. The van der Waals surface area contributed by atoms with Crippen molar-refractivity contribution in [1.29, 1.82) is 5.26 Å². The third-order valence-corrected chi connectivity index (χ3v) is 9.29. The molecule has 3 aliphatic rings. The van der Waals surface area contributed by atoms with E-state index in [0.29, 0.717) is 41.2 Å². The number of nitriles is 1. The minimum absolute atomic E-state index is 0.0284. The van der Waals surface area contributed by atoms with Crippen LogP contribution < -0.4 is 0 Å². The Bertz CT molecular complexity index is 1810. The van der Waals surface area contributed by atoms with E-state index in [2.05, 4.69) is 16.0 Å². The Balaban J connectivity index is 1.22. The lowest BCUT2D eigenvalue weighted by Crippen LogP contribution is -2.46. The van der Waals surface area contributed by atoms with Crippen LogP contribution in [-0.4, -0.2) is 68.6 Å². The summed E-state index contributed by atoms with van der Waals surface area (Å²) in [6.45, 7) is 1.09. The number of hydrogen-bond acceptors (Lipinski definition) is 8. The third-order valence-electron chi connectivity index (χ3n) is 9.29. The molecule has 2 aromatic carbocycles. The predicted octanol–water partition coefficient (Wildman–Crippen LogP) is 4.36. The van der Waals surface area contributed by atoms with E-state index in [0.717, 1.165) is 5.56 Å². The van der Waals surface area contributed by atoms with Crippen molar-refractivity contribution < 1.29 is 19.1 Å². The van der Waals surface area contributed by atoms with Crippen LogP contribution in [0.4, 0.5) is 4.79 Å².